The highest BCUT2D eigenvalue weighted by Gasteiger charge is 2.36. The maximum absolute atomic E-state index is 13.1. The summed E-state index contributed by atoms with van der Waals surface area (Å²) < 4.78 is 45.1. The molecule has 0 aliphatic carbocycles. The number of piperazine rings is 1. The molecular weight excluding hydrogens is 329 g/mol. The number of halogens is 3. The molecule has 0 bridgehead atoms. The summed E-state index contributed by atoms with van der Waals surface area (Å²) in [4.78, 5) is 1.89. The monoisotopic (exact) mass is 350 g/mol. The molecule has 1 aliphatic heterocycles. The van der Waals surface area contributed by atoms with E-state index in [2.05, 4.69) is 5.32 Å². The van der Waals surface area contributed by atoms with Crippen LogP contribution in [-0.4, -0.2) is 37.3 Å². The van der Waals surface area contributed by atoms with Crippen LogP contribution >= 0.6 is 0 Å². The number of nitrogens with one attached hydrogen (secondary N) is 1. The third-order valence-corrected chi connectivity index (χ3v) is 4.24. The predicted octanol–water partition coefficient (Wildman–Crippen LogP) is 4.38. The summed E-state index contributed by atoms with van der Waals surface area (Å²) in [6.45, 7) is 2.61. The van der Waals surface area contributed by atoms with Gasteiger partial charge in [-0.1, -0.05) is 30.3 Å². The van der Waals surface area contributed by atoms with Crippen LogP contribution in [0.2, 0.25) is 0 Å². The molecule has 0 radical (unpaired) electrons. The minimum Gasteiger partial charge on any atom is -0.457 e. The second-order valence-electron chi connectivity index (χ2n) is 6.11. The lowest BCUT2D eigenvalue weighted by atomic mass is 10.0. The van der Waals surface area contributed by atoms with Crippen molar-refractivity contribution in [1.29, 1.82) is 0 Å². The molecule has 1 N–H and O–H groups in total. The Morgan fingerprint density at radius 1 is 0.960 bits per heavy atom. The minimum atomic E-state index is -4.22. The highest BCUT2D eigenvalue weighted by Crippen LogP contribution is 2.35. The van der Waals surface area contributed by atoms with Crippen LogP contribution < -0.4 is 10.1 Å². The van der Waals surface area contributed by atoms with Crippen molar-refractivity contribution in [2.75, 3.05) is 26.2 Å². The van der Waals surface area contributed by atoms with Gasteiger partial charge in [-0.15, -0.1) is 0 Å². The standard InChI is InChI=1S/C19H21F3N2O/c20-19(21,22)14-18(24-11-9-23-10-12-24)15-5-4-8-17(13-15)25-16-6-2-1-3-7-16/h1-8,13,18,23H,9-12,14H2/t18-/m0/s1. The quantitative estimate of drug-likeness (QED) is 0.866. The Hall–Kier alpha value is -2.05. The van der Waals surface area contributed by atoms with Crippen LogP contribution in [0.3, 0.4) is 0 Å². The Kier molecular flexibility index (Phi) is 5.60. The van der Waals surface area contributed by atoms with Crippen molar-refractivity contribution in [3.8, 4) is 11.5 Å². The fraction of sp³-hybridized carbons (Fsp3) is 0.368. The van der Waals surface area contributed by atoms with E-state index in [4.69, 9.17) is 4.74 Å². The van der Waals surface area contributed by atoms with Gasteiger partial charge >= 0.3 is 6.18 Å². The molecule has 0 aromatic heterocycles. The molecule has 0 amide bonds. The normalized spacial score (nSPS) is 17.2. The van der Waals surface area contributed by atoms with Crippen molar-refractivity contribution in [2.24, 2.45) is 0 Å². The van der Waals surface area contributed by atoms with Crippen molar-refractivity contribution < 1.29 is 17.9 Å². The van der Waals surface area contributed by atoms with Gasteiger partial charge in [-0.05, 0) is 29.8 Å². The zero-order valence-electron chi connectivity index (χ0n) is 13.8. The topological polar surface area (TPSA) is 24.5 Å². The van der Waals surface area contributed by atoms with Crippen molar-refractivity contribution in [3.05, 3.63) is 60.2 Å². The predicted molar refractivity (Wildman–Crippen MR) is 90.8 cm³/mol. The van der Waals surface area contributed by atoms with E-state index in [1.807, 2.05) is 35.2 Å². The van der Waals surface area contributed by atoms with E-state index in [1.165, 1.54) is 0 Å². The number of hydrogen-bond acceptors (Lipinski definition) is 3. The Morgan fingerprint density at radius 2 is 1.64 bits per heavy atom. The third kappa shape index (κ3) is 5.21. The maximum atomic E-state index is 13.1. The van der Waals surface area contributed by atoms with Gasteiger partial charge in [0.2, 0.25) is 0 Å². The second kappa shape index (κ2) is 7.89. The summed E-state index contributed by atoms with van der Waals surface area (Å²) >= 11 is 0. The molecular formula is C19H21F3N2O. The van der Waals surface area contributed by atoms with Crippen LogP contribution in [0.1, 0.15) is 18.0 Å². The van der Waals surface area contributed by atoms with Crippen LogP contribution in [-0.2, 0) is 0 Å². The van der Waals surface area contributed by atoms with E-state index in [0.717, 1.165) is 0 Å². The van der Waals surface area contributed by atoms with Crippen LogP contribution in [0.25, 0.3) is 0 Å². The van der Waals surface area contributed by atoms with Gasteiger partial charge in [-0.25, -0.2) is 0 Å². The fourth-order valence-electron chi connectivity index (χ4n) is 3.08. The summed E-state index contributed by atoms with van der Waals surface area (Å²) in [5.74, 6) is 1.21. The lowest BCUT2D eigenvalue weighted by molar-refractivity contribution is -0.148. The van der Waals surface area contributed by atoms with E-state index in [1.54, 1.807) is 24.3 Å². The summed E-state index contributed by atoms with van der Waals surface area (Å²) in [5.41, 5.74) is 0.632. The van der Waals surface area contributed by atoms with E-state index in [0.29, 0.717) is 43.2 Å². The van der Waals surface area contributed by atoms with Gasteiger partial charge in [0.05, 0.1) is 6.42 Å². The smallest absolute Gasteiger partial charge is 0.390 e. The summed E-state index contributed by atoms with van der Waals surface area (Å²) in [5, 5.41) is 3.18. The van der Waals surface area contributed by atoms with Crippen molar-refractivity contribution in [2.45, 2.75) is 18.6 Å². The zero-order valence-corrected chi connectivity index (χ0v) is 13.8. The van der Waals surface area contributed by atoms with Gasteiger partial charge in [-0.3, -0.25) is 4.90 Å². The molecule has 134 valence electrons. The van der Waals surface area contributed by atoms with Crippen LogP contribution in [0, 0.1) is 0 Å². The number of hydrogen-bond donors (Lipinski definition) is 1. The first-order valence-electron chi connectivity index (χ1n) is 8.36. The maximum Gasteiger partial charge on any atom is 0.390 e. The van der Waals surface area contributed by atoms with Crippen LogP contribution in [0.15, 0.2) is 54.6 Å². The minimum absolute atomic E-state index is 0.547. The highest BCUT2D eigenvalue weighted by atomic mass is 19.4. The molecule has 6 heteroatoms. The van der Waals surface area contributed by atoms with Gasteiger partial charge < -0.3 is 10.1 Å². The van der Waals surface area contributed by atoms with Gasteiger partial charge in [-0.2, -0.15) is 13.2 Å². The first kappa shape index (κ1) is 17.8. The van der Waals surface area contributed by atoms with E-state index in [-0.39, 0.29) is 0 Å². The first-order valence-corrected chi connectivity index (χ1v) is 8.36. The highest BCUT2D eigenvalue weighted by molar-refractivity contribution is 5.35. The molecule has 1 fully saturated rings. The SMILES string of the molecule is FC(F)(F)C[C@@H](c1cccc(Oc2ccccc2)c1)N1CCNCC1. The molecule has 1 heterocycles. The van der Waals surface area contributed by atoms with Crippen molar-refractivity contribution in [3.63, 3.8) is 0 Å². The first-order chi connectivity index (χ1) is 12.0. The molecule has 3 nitrogen and oxygen atoms in total. The molecule has 1 saturated heterocycles. The number of alkyl halides is 3. The van der Waals surface area contributed by atoms with E-state index in [9.17, 15) is 13.2 Å². The number of para-hydroxylation sites is 1. The van der Waals surface area contributed by atoms with Gasteiger partial charge in [0, 0.05) is 32.2 Å². The Labute approximate surface area is 145 Å². The number of benzene rings is 2. The fourth-order valence-corrected chi connectivity index (χ4v) is 3.08. The molecule has 25 heavy (non-hydrogen) atoms. The molecule has 2 aromatic rings. The molecule has 0 unspecified atom stereocenters. The van der Waals surface area contributed by atoms with Crippen LogP contribution in [0.5, 0.6) is 11.5 Å². The third-order valence-electron chi connectivity index (χ3n) is 4.24. The molecule has 3 rings (SSSR count). The Bertz CT molecular complexity index is 670. The van der Waals surface area contributed by atoms with Crippen molar-refractivity contribution >= 4 is 0 Å². The summed E-state index contributed by atoms with van der Waals surface area (Å²) in [7, 11) is 0. The molecule has 1 atom stereocenters. The molecule has 2 aromatic carbocycles. The molecule has 1 aliphatic rings. The molecule has 0 spiro atoms. The lowest BCUT2D eigenvalue weighted by Gasteiger charge is -2.35. The second-order valence-corrected chi connectivity index (χ2v) is 6.11. The van der Waals surface area contributed by atoms with Crippen LogP contribution in [0.4, 0.5) is 13.2 Å². The summed E-state index contributed by atoms with van der Waals surface area (Å²) in [6.07, 6.45) is -5.08. The molecule has 0 saturated carbocycles. The van der Waals surface area contributed by atoms with E-state index < -0.39 is 18.6 Å². The summed E-state index contributed by atoms with van der Waals surface area (Å²) in [6, 6.07) is 15.5. The lowest BCUT2D eigenvalue weighted by Crippen LogP contribution is -2.46. The largest absolute Gasteiger partial charge is 0.457 e. The van der Waals surface area contributed by atoms with E-state index >= 15 is 0 Å². The Morgan fingerprint density at radius 3 is 2.32 bits per heavy atom. The average Bonchev–Trinajstić information content (AvgIpc) is 2.61. The van der Waals surface area contributed by atoms with Gasteiger partial charge in [0.15, 0.2) is 0 Å². The number of nitrogens with zero attached hydrogens (tertiary/aromatic N) is 1. The zero-order chi connectivity index (χ0) is 17.7. The van der Waals surface area contributed by atoms with Gasteiger partial charge in [0.25, 0.3) is 0 Å². The average molecular weight is 350 g/mol. The Balaban J connectivity index is 1.83. The number of ether oxygens (including phenoxy) is 1. The van der Waals surface area contributed by atoms with Crippen molar-refractivity contribution in [1.82, 2.24) is 10.2 Å². The number of rotatable bonds is 5. The van der Waals surface area contributed by atoms with Gasteiger partial charge in [0.1, 0.15) is 11.5 Å².